The Morgan fingerprint density at radius 3 is 2.37 bits per heavy atom. The van der Waals surface area contributed by atoms with Crippen molar-refractivity contribution in [2.75, 3.05) is 0 Å². The van der Waals surface area contributed by atoms with E-state index in [9.17, 15) is 13.9 Å². The van der Waals surface area contributed by atoms with Crippen LogP contribution in [0.15, 0.2) is 12.1 Å². The van der Waals surface area contributed by atoms with Gasteiger partial charge in [0, 0.05) is 5.56 Å². The molecule has 1 atom stereocenters. The summed E-state index contributed by atoms with van der Waals surface area (Å²) in [6, 6.07) is 3.04. The molecule has 1 aliphatic rings. The van der Waals surface area contributed by atoms with Crippen molar-refractivity contribution in [1.29, 1.82) is 0 Å². The van der Waals surface area contributed by atoms with Gasteiger partial charge in [-0.3, -0.25) is 0 Å². The molecule has 0 aromatic heterocycles. The summed E-state index contributed by atoms with van der Waals surface area (Å²) in [6.45, 7) is 1.53. The molecule has 1 N–H and O–H groups in total. The van der Waals surface area contributed by atoms with Gasteiger partial charge in [0.15, 0.2) is 11.6 Å². The zero-order valence-corrected chi connectivity index (χ0v) is 11.5. The predicted molar refractivity (Wildman–Crippen MR) is 71.9 cm³/mol. The molecule has 3 heteroatoms. The fourth-order valence-electron chi connectivity index (χ4n) is 2.96. The van der Waals surface area contributed by atoms with E-state index in [1.807, 2.05) is 0 Å². The van der Waals surface area contributed by atoms with Gasteiger partial charge in [-0.05, 0) is 24.8 Å². The van der Waals surface area contributed by atoms with E-state index >= 15 is 0 Å². The van der Waals surface area contributed by atoms with Gasteiger partial charge in [-0.1, -0.05) is 50.7 Å². The largest absolute Gasteiger partial charge is 0.388 e. The van der Waals surface area contributed by atoms with Crippen LogP contribution < -0.4 is 0 Å². The summed E-state index contributed by atoms with van der Waals surface area (Å²) in [5.41, 5.74) is 0.385. The zero-order valence-electron chi connectivity index (χ0n) is 11.5. The topological polar surface area (TPSA) is 20.2 Å². The molecule has 1 aromatic rings. The van der Waals surface area contributed by atoms with Crippen LogP contribution in [0.3, 0.4) is 0 Å². The van der Waals surface area contributed by atoms with E-state index in [-0.39, 0.29) is 11.1 Å². The highest BCUT2D eigenvalue weighted by atomic mass is 19.2. The first-order valence-corrected chi connectivity index (χ1v) is 7.22. The van der Waals surface area contributed by atoms with E-state index in [0.29, 0.717) is 12.3 Å². The minimum atomic E-state index is -0.891. The molecular formula is C16H22F2O. The van der Waals surface area contributed by atoms with Crippen LogP contribution in [-0.2, 0) is 0 Å². The molecule has 1 fully saturated rings. The number of aliphatic hydroxyl groups excluding tert-OH is 1. The fraction of sp³-hybridized carbons (Fsp3) is 0.625. The summed E-state index contributed by atoms with van der Waals surface area (Å²) < 4.78 is 27.3. The van der Waals surface area contributed by atoms with Crippen molar-refractivity contribution in [3.8, 4) is 0 Å². The first-order chi connectivity index (χ1) is 9.09. The number of rotatable bonds is 3. The second-order valence-corrected chi connectivity index (χ2v) is 5.71. The lowest BCUT2D eigenvalue weighted by Gasteiger charge is -2.19. The van der Waals surface area contributed by atoms with Gasteiger partial charge < -0.3 is 5.11 Å². The molecule has 0 bridgehead atoms. The van der Waals surface area contributed by atoms with Crippen LogP contribution in [-0.4, -0.2) is 5.11 Å². The van der Waals surface area contributed by atoms with Gasteiger partial charge in [0.1, 0.15) is 0 Å². The van der Waals surface area contributed by atoms with E-state index in [1.165, 1.54) is 44.7 Å². The van der Waals surface area contributed by atoms with E-state index in [1.54, 1.807) is 0 Å². The highest BCUT2D eigenvalue weighted by molar-refractivity contribution is 5.27. The van der Waals surface area contributed by atoms with Gasteiger partial charge >= 0.3 is 0 Å². The third kappa shape index (κ3) is 3.53. The maximum Gasteiger partial charge on any atom is 0.164 e. The molecule has 2 rings (SSSR count). The summed E-state index contributed by atoms with van der Waals surface area (Å²) in [4.78, 5) is 0. The Morgan fingerprint density at radius 1 is 1.11 bits per heavy atom. The Labute approximate surface area is 113 Å². The minimum absolute atomic E-state index is 0.104. The average Bonchev–Trinajstić information content (AvgIpc) is 2.64. The molecule has 106 valence electrons. The third-order valence-corrected chi connectivity index (χ3v) is 4.20. The number of halogens is 2. The first-order valence-electron chi connectivity index (χ1n) is 7.22. The number of hydrogen-bond acceptors (Lipinski definition) is 1. The second-order valence-electron chi connectivity index (χ2n) is 5.71. The van der Waals surface area contributed by atoms with E-state index in [4.69, 9.17) is 0 Å². The molecule has 0 aliphatic heterocycles. The van der Waals surface area contributed by atoms with Gasteiger partial charge in [0.2, 0.25) is 0 Å². The van der Waals surface area contributed by atoms with Crippen LogP contribution in [0, 0.1) is 24.5 Å². The van der Waals surface area contributed by atoms with Gasteiger partial charge in [-0.15, -0.1) is 0 Å². The predicted octanol–water partition coefficient (Wildman–Crippen LogP) is 4.67. The van der Waals surface area contributed by atoms with Crippen LogP contribution in [0.1, 0.15) is 62.2 Å². The Kier molecular flexibility index (Phi) is 4.92. The van der Waals surface area contributed by atoms with Crippen LogP contribution in [0.2, 0.25) is 0 Å². The van der Waals surface area contributed by atoms with E-state index < -0.39 is 17.7 Å². The highest BCUT2D eigenvalue weighted by Gasteiger charge is 2.22. The molecule has 1 nitrogen and oxygen atoms in total. The Hall–Kier alpha value is -0.960. The number of hydrogen-bond donors (Lipinski definition) is 1. The molecule has 0 amide bonds. The maximum absolute atomic E-state index is 13.8. The summed E-state index contributed by atoms with van der Waals surface area (Å²) in [5.74, 6) is -1.29. The third-order valence-electron chi connectivity index (χ3n) is 4.20. The monoisotopic (exact) mass is 268 g/mol. The van der Waals surface area contributed by atoms with Crippen LogP contribution in [0.5, 0.6) is 0 Å². The molecular weight excluding hydrogens is 246 g/mol. The standard InChI is InChI=1S/C16H22F2O/c1-11-8-9-13(16(18)15(11)17)14(19)10-12-6-4-2-3-5-7-12/h8-9,12,14,19H,2-7,10H2,1H3. The number of aliphatic hydroxyl groups is 1. The Bertz CT molecular complexity index is 423. The normalized spacial score (nSPS) is 19.2. The van der Waals surface area contributed by atoms with Crippen molar-refractivity contribution in [1.82, 2.24) is 0 Å². The highest BCUT2D eigenvalue weighted by Crippen LogP contribution is 2.32. The molecule has 1 aliphatic carbocycles. The lowest BCUT2D eigenvalue weighted by molar-refractivity contribution is 0.134. The number of benzene rings is 1. The lowest BCUT2D eigenvalue weighted by atomic mass is 9.90. The second kappa shape index (κ2) is 6.47. The minimum Gasteiger partial charge on any atom is -0.388 e. The van der Waals surface area contributed by atoms with Gasteiger partial charge in [0.05, 0.1) is 6.10 Å². The van der Waals surface area contributed by atoms with Crippen LogP contribution >= 0.6 is 0 Å². The smallest absolute Gasteiger partial charge is 0.164 e. The lowest BCUT2D eigenvalue weighted by Crippen LogP contribution is -2.10. The Balaban J connectivity index is 2.06. The van der Waals surface area contributed by atoms with Crippen molar-refractivity contribution in [3.63, 3.8) is 0 Å². The average molecular weight is 268 g/mol. The first kappa shape index (κ1) is 14.4. The van der Waals surface area contributed by atoms with Crippen molar-refractivity contribution in [3.05, 3.63) is 34.9 Å². The van der Waals surface area contributed by atoms with Crippen molar-refractivity contribution < 1.29 is 13.9 Å². The summed E-state index contributed by atoms with van der Waals surface area (Å²) in [7, 11) is 0. The number of aryl methyl sites for hydroxylation is 1. The van der Waals surface area contributed by atoms with Gasteiger partial charge in [-0.2, -0.15) is 0 Å². The van der Waals surface area contributed by atoms with E-state index in [2.05, 4.69) is 0 Å². The Morgan fingerprint density at radius 2 is 1.74 bits per heavy atom. The SMILES string of the molecule is Cc1ccc(C(O)CC2CCCCCC2)c(F)c1F. The quantitative estimate of drug-likeness (QED) is 0.790. The van der Waals surface area contributed by atoms with E-state index in [0.717, 1.165) is 12.8 Å². The van der Waals surface area contributed by atoms with Crippen LogP contribution in [0.4, 0.5) is 8.78 Å². The summed E-state index contributed by atoms with van der Waals surface area (Å²) in [5, 5.41) is 10.2. The molecule has 0 heterocycles. The molecule has 1 saturated carbocycles. The summed E-state index contributed by atoms with van der Waals surface area (Å²) >= 11 is 0. The zero-order chi connectivity index (χ0) is 13.8. The van der Waals surface area contributed by atoms with Crippen molar-refractivity contribution in [2.45, 2.75) is 58.0 Å². The molecule has 0 spiro atoms. The fourth-order valence-corrected chi connectivity index (χ4v) is 2.96. The molecule has 19 heavy (non-hydrogen) atoms. The van der Waals surface area contributed by atoms with Gasteiger partial charge in [-0.25, -0.2) is 8.78 Å². The molecule has 1 aromatic carbocycles. The summed E-state index contributed by atoms with van der Waals surface area (Å²) in [6.07, 6.45) is 6.70. The van der Waals surface area contributed by atoms with Crippen molar-refractivity contribution >= 4 is 0 Å². The van der Waals surface area contributed by atoms with Gasteiger partial charge in [0.25, 0.3) is 0 Å². The molecule has 1 unspecified atom stereocenters. The van der Waals surface area contributed by atoms with Crippen molar-refractivity contribution in [2.24, 2.45) is 5.92 Å². The molecule has 0 saturated heterocycles. The molecule has 0 radical (unpaired) electrons. The maximum atomic E-state index is 13.8. The van der Waals surface area contributed by atoms with Crippen LogP contribution in [0.25, 0.3) is 0 Å².